The normalized spacial score (nSPS) is 7.20. The molecule has 0 bridgehead atoms. The van der Waals surface area contributed by atoms with Gasteiger partial charge in [0.1, 0.15) is 0 Å². The van der Waals surface area contributed by atoms with Gasteiger partial charge in [-0.25, -0.2) is 9.42 Å². The first-order chi connectivity index (χ1) is 4.77. The second kappa shape index (κ2) is 5.35. The number of hydrogen-bond acceptors (Lipinski definition) is 6. The summed E-state index contributed by atoms with van der Waals surface area (Å²) in [5.74, 6) is 0. The zero-order valence-corrected chi connectivity index (χ0v) is 4.71. The second-order valence-corrected chi connectivity index (χ2v) is 0.981. The molecule has 0 saturated heterocycles. The highest BCUT2D eigenvalue weighted by molar-refractivity contribution is 5.33. The molecule has 1 heterocycles. The van der Waals surface area contributed by atoms with E-state index in [1.54, 1.807) is 0 Å². The molecule has 7 heteroatoms. The molecule has 1 rings (SSSR count). The van der Waals surface area contributed by atoms with E-state index < -0.39 is 4.92 Å². The molecule has 10 heavy (non-hydrogen) atoms. The molecule has 1 aromatic heterocycles. The van der Waals surface area contributed by atoms with Crippen LogP contribution in [0.2, 0.25) is 0 Å². The summed E-state index contributed by atoms with van der Waals surface area (Å²) in [6.07, 6.45) is 2.58. The van der Waals surface area contributed by atoms with Gasteiger partial charge in [-0.2, -0.15) is 0 Å². The number of hydrogen-bond donors (Lipinski definition) is 0. The summed E-state index contributed by atoms with van der Waals surface area (Å²) in [5.41, 5.74) is 0. The molecule has 1 amide bonds. The Morgan fingerprint density at radius 3 is 2.00 bits per heavy atom. The molecule has 0 N–H and O–H groups in total. The van der Waals surface area contributed by atoms with E-state index in [9.17, 15) is 0 Å². The van der Waals surface area contributed by atoms with E-state index in [2.05, 4.69) is 14.9 Å². The van der Waals surface area contributed by atoms with Crippen LogP contribution in [0.25, 0.3) is 0 Å². The predicted octanol–water partition coefficient (Wildman–Crippen LogP) is -0.511. The Bertz CT molecular complexity index is 166. The molecular weight excluding hydrogens is 142 g/mol. The van der Waals surface area contributed by atoms with Gasteiger partial charge in [0.2, 0.25) is 0 Å². The van der Waals surface area contributed by atoms with E-state index in [0.717, 1.165) is 0 Å². The molecule has 54 valence electrons. The highest BCUT2D eigenvalue weighted by Crippen LogP contribution is 1.62. The number of nitro groups is 1. The highest BCUT2D eigenvalue weighted by atomic mass is 16.6. The topological polar surface area (TPSA) is 99.1 Å². The molecule has 0 aliphatic rings. The lowest BCUT2D eigenvalue weighted by Gasteiger charge is -1.61. The summed E-state index contributed by atoms with van der Waals surface area (Å²) in [7, 11) is 0. The Labute approximate surface area is 54.8 Å². The Balaban J connectivity index is 0.000000162. The SMILES string of the molecule is O=C[N+](=O)[O-].c1cnon1. The van der Waals surface area contributed by atoms with Gasteiger partial charge < -0.3 is 0 Å². The smallest absolute Gasteiger partial charge is 0.256 e. The average Bonchev–Trinajstić information content (AvgIpc) is 2.43. The lowest BCUT2D eigenvalue weighted by atomic mass is 11.0. The first kappa shape index (κ1) is 8.21. The number of nitrogens with zero attached hydrogens (tertiary/aromatic N) is 3. The fourth-order valence-electron chi connectivity index (χ4n) is 0.136. The molecule has 0 unspecified atom stereocenters. The Kier molecular flexibility index (Phi) is 4.39. The molecule has 0 spiro atoms. The van der Waals surface area contributed by atoms with Gasteiger partial charge in [0.25, 0.3) is 0 Å². The van der Waals surface area contributed by atoms with Crippen LogP contribution in [0, 0.1) is 10.1 Å². The fourth-order valence-corrected chi connectivity index (χ4v) is 0.136. The van der Waals surface area contributed by atoms with Crippen molar-refractivity contribution in [3.05, 3.63) is 22.5 Å². The van der Waals surface area contributed by atoms with Gasteiger partial charge in [-0.15, -0.1) is 0 Å². The number of aromatic nitrogens is 2. The van der Waals surface area contributed by atoms with E-state index in [0.29, 0.717) is 0 Å². The summed E-state index contributed by atoms with van der Waals surface area (Å²) in [6.45, 7) is 0. The maximum absolute atomic E-state index is 8.81. The van der Waals surface area contributed by atoms with E-state index >= 15 is 0 Å². The third-order valence-corrected chi connectivity index (χ3v) is 0.369. The van der Waals surface area contributed by atoms with Crippen molar-refractivity contribution in [1.29, 1.82) is 0 Å². The van der Waals surface area contributed by atoms with Gasteiger partial charge in [0.15, 0.2) is 0 Å². The van der Waals surface area contributed by atoms with Crippen molar-refractivity contribution in [3.63, 3.8) is 0 Å². The van der Waals surface area contributed by atoms with Gasteiger partial charge >= 0.3 is 6.41 Å². The Morgan fingerprint density at radius 1 is 1.50 bits per heavy atom. The van der Waals surface area contributed by atoms with Gasteiger partial charge in [-0.3, -0.25) is 10.1 Å². The molecule has 7 nitrogen and oxygen atoms in total. The maximum Gasteiger partial charge on any atom is 0.433 e. The Hall–Kier alpha value is -1.79. The molecule has 0 radical (unpaired) electrons. The predicted molar refractivity (Wildman–Crippen MR) is 27.4 cm³/mol. The molecule has 0 aliphatic heterocycles. The first-order valence-corrected chi connectivity index (χ1v) is 2.07. The highest BCUT2D eigenvalue weighted by Gasteiger charge is 1.77. The summed E-state index contributed by atoms with van der Waals surface area (Å²) in [6, 6.07) is 0. The van der Waals surface area contributed by atoms with Crippen molar-refractivity contribution < 1.29 is 14.3 Å². The number of carbonyl (C=O) groups is 1. The number of carbonyl (C=O) groups excluding carboxylic acids is 1. The van der Waals surface area contributed by atoms with Crippen LogP contribution >= 0.6 is 0 Å². The van der Waals surface area contributed by atoms with Crippen LogP contribution in [-0.2, 0) is 4.79 Å². The van der Waals surface area contributed by atoms with Crippen LogP contribution < -0.4 is 0 Å². The number of rotatable bonds is 1. The van der Waals surface area contributed by atoms with Crippen LogP contribution in [-0.4, -0.2) is 21.6 Å². The minimum Gasteiger partial charge on any atom is -0.256 e. The Morgan fingerprint density at radius 2 is 1.90 bits per heavy atom. The minimum absolute atomic E-state index is 0.361. The van der Waals surface area contributed by atoms with Crippen LogP contribution in [0.3, 0.4) is 0 Å². The zero-order chi connectivity index (χ0) is 7.82. The zero-order valence-electron chi connectivity index (χ0n) is 4.71. The summed E-state index contributed by atoms with van der Waals surface area (Å²) in [4.78, 5) is 16.6. The van der Waals surface area contributed by atoms with Crippen molar-refractivity contribution in [2.75, 3.05) is 0 Å². The monoisotopic (exact) mass is 145 g/mol. The quantitative estimate of drug-likeness (QED) is 0.299. The van der Waals surface area contributed by atoms with Crippen molar-refractivity contribution in [2.24, 2.45) is 0 Å². The standard InChI is InChI=1S/C2H2N2O.CHNO3/c1-2-4-5-3-1;3-1-2(4)5/h1-2H;1H. The fraction of sp³-hybridized carbons (Fsp3) is 0. The summed E-state index contributed by atoms with van der Waals surface area (Å²) in [5, 5.41) is 15.3. The molecule has 0 aromatic carbocycles. The van der Waals surface area contributed by atoms with Gasteiger partial charge in [-0.05, 0) is 0 Å². The van der Waals surface area contributed by atoms with Crippen LogP contribution in [0.4, 0.5) is 0 Å². The van der Waals surface area contributed by atoms with Crippen molar-refractivity contribution in [2.45, 2.75) is 0 Å². The van der Waals surface area contributed by atoms with Crippen LogP contribution in [0.15, 0.2) is 17.0 Å². The second-order valence-electron chi connectivity index (χ2n) is 0.981. The molecule has 0 atom stereocenters. The van der Waals surface area contributed by atoms with Gasteiger partial charge in [0.05, 0.1) is 17.3 Å². The van der Waals surface area contributed by atoms with Gasteiger partial charge in [-0.1, -0.05) is 10.3 Å². The van der Waals surface area contributed by atoms with Crippen molar-refractivity contribution >= 4 is 6.41 Å². The lowest BCUT2D eigenvalue weighted by Crippen LogP contribution is -1.88. The molecule has 0 saturated carbocycles. The maximum atomic E-state index is 8.81. The lowest BCUT2D eigenvalue weighted by molar-refractivity contribution is -0.383. The van der Waals surface area contributed by atoms with Crippen LogP contribution in [0.1, 0.15) is 0 Å². The number of amides is 1. The third kappa shape index (κ3) is 6.21. The van der Waals surface area contributed by atoms with E-state index in [1.165, 1.54) is 12.4 Å². The molecule has 1 aromatic rings. The average molecular weight is 145 g/mol. The van der Waals surface area contributed by atoms with E-state index in [1.807, 2.05) is 0 Å². The van der Waals surface area contributed by atoms with Gasteiger partial charge in [0, 0.05) is 0 Å². The molecular formula is C3H3N3O4. The largest absolute Gasteiger partial charge is 0.433 e. The molecule has 0 fully saturated rings. The summed E-state index contributed by atoms with van der Waals surface area (Å²) >= 11 is 0. The summed E-state index contributed by atoms with van der Waals surface area (Å²) < 4.78 is 4.08. The minimum atomic E-state index is -1.06. The molecule has 0 aliphatic carbocycles. The van der Waals surface area contributed by atoms with Crippen molar-refractivity contribution in [1.82, 2.24) is 10.3 Å². The first-order valence-electron chi connectivity index (χ1n) is 2.07. The third-order valence-electron chi connectivity index (χ3n) is 0.369. The van der Waals surface area contributed by atoms with E-state index in [-0.39, 0.29) is 6.41 Å². The van der Waals surface area contributed by atoms with Crippen LogP contribution in [0.5, 0.6) is 0 Å². The van der Waals surface area contributed by atoms with E-state index in [4.69, 9.17) is 14.9 Å². The van der Waals surface area contributed by atoms with Crippen molar-refractivity contribution in [3.8, 4) is 0 Å².